The third kappa shape index (κ3) is 2.27. The van der Waals surface area contributed by atoms with Crippen molar-refractivity contribution in [2.24, 2.45) is 5.41 Å². The minimum absolute atomic E-state index is 0.139. The predicted molar refractivity (Wildman–Crippen MR) is 86.9 cm³/mol. The van der Waals surface area contributed by atoms with Gasteiger partial charge in [0.15, 0.2) is 12.2 Å². The van der Waals surface area contributed by atoms with Crippen LogP contribution in [0.2, 0.25) is 0 Å². The Morgan fingerprint density at radius 1 is 1.17 bits per heavy atom. The van der Waals surface area contributed by atoms with Crippen molar-refractivity contribution < 1.29 is 4.42 Å². The number of aryl methyl sites for hydroxylation is 1. The minimum atomic E-state index is 0.139. The molecule has 3 aromatic rings. The first-order valence-corrected chi connectivity index (χ1v) is 7.94. The van der Waals surface area contributed by atoms with Crippen LogP contribution in [0.15, 0.2) is 41.1 Å². The molecule has 1 unspecified atom stereocenters. The molecule has 1 atom stereocenters. The van der Waals surface area contributed by atoms with Gasteiger partial charge in [0.2, 0.25) is 0 Å². The van der Waals surface area contributed by atoms with Gasteiger partial charge in [-0.05, 0) is 17.9 Å². The van der Waals surface area contributed by atoms with Gasteiger partial charge in [-0.25, -0.2) is 4.98 Å². The Morgan fingerprint density at radius 2 is 1.96 bits per heavy atom. The number of fused-ring (bicyclic) bond motifs is 1. The van der Waals surface area contributed by atoms with Gasteiger partial charge in [0.05, 0.1) is 0 Å². The van der Waals surface area contributed by atoms with Gasteiger partial charge in [0.1, 0.15) is 17.3 Å². The maximum Gasteiger partial charge on any atom is 0.186 e. The second-order valence-corrected chi connectivity index (χ2v) is 6.94. The number of aromatic nitrogens is 4. The Hall–Kier alpha value is -2.43. The molecule has 0 fully saturated rings. The van der Waals surface area contributed by atoms with Crippen LogP contribution in [-0.2, 0) is 13.0 Å². The highest BCUT2D eigenvalue weighted by atomic mass is 16.3. The van der Waals surface area contributed by atoms with E-state index in [-0.39, 0.29) is 5.41 Å². The first kappa shape index (κ1) is 14.2. The van der Waals surface area contributed by atoms with Gasteiger partial charge >= 0.3 is 0 Å². The van der Waals surface area contributed by atoms with Crippen LogP contribution in [0.25, 0.3) is 11.5 Å². The maximum absolute atomic E-state index is 5.34. The van der Waals surface area contributed by atoms with E-state index in [2.05, 4.69) is 63.9 Å². The van der Waals surface area contributed by atoms with E-state index in [9.17, 15) is 0 Å². The van der Waals surface area contributed by atoms with E-state index in [0.717, 1.165) is 36.1 Å². The molecule has 0 radical (unpaired) electrons. The zero-order chi connectivity index (χ0) is 16.0. The van der Waals surface area contributed by atoms with E-state index >= 15 is 0 Å². The van der Waals surface area contributed by atoms with Crippen LogP contribution in [0.3, 0.4) is 0 Å². The molecule has 23 heavy (non-hydrogen) atoms. The van der Waals surface area contributed by atoms with Crippen molar-refractivity contribution in [3.05, 3.63) is 53.9 Å². The lowest BCUT2D eigenvalue weighted by atomic mass is 9.70. The molecule has 0 bridgehead atoms. The standard InChI is InChI=1S/C18H20N4O/c1-12-16(19-11-23-12)17-21-20-15-9-18(2,3)14(10-22(15)17)13-7-5-4-6-8-13/h4-8,11,14H,9-10H2,1-3H3. The molecule has 0 amide bonds. The van der Waals surface area contributed by atoms with Crippen LogP contribution in [-0.4, -0.2) is 19.7 Å². The summed E-state index contributed by atoms with van der Waals surface area (Å²) in [5, 5.41) is 8.79. The molecule has 1 aromatic carbocycles. The number of hydrogen-bond donors (Lipinski definition) is 0. The van der Waals surface area contributed by atoms with Crippen molar-refractivity contribution in [2.75, 3.05) is 0 Å². The van der Waals surface area contributed by atoms with E-state index in [1.54, 1.807) is 0 Å². The van der Waals surface area contributed by atoms with E-state index < -0.39 is 0 Å². The number of hydrogen-bond acceptors (Lipinski definition) is 4. The average Bonchev–Trinajstić information content (AvgIpc) is 3.11. The summed E-state index contributed by atoms with van der Waals surface area (Å²) in [6.07, 6.45) is 2.37. The summed E-state index contributed by atoms with van der Waals surface area (Å²) >= 11 is 0. The Labute approximate surface area is 135 Å². The van der Waals surface area contributed by atoms with E-state index in [4.69, 9.17) is 4.42 Å². The molecule has 0 aliphatic carbocycles. The molecule has 1 aliphatic rings. The number of oxazole rings is 1. The fraction of sp³-hybridized carbons (Fsp3) is 0.389. The molecule has 3 heterocycles. The zero-order valence-corrected chi connectivity index (χ0v) is 13.7. The third-order valence-electron chi connectivity index (χ3n) is 4.91. The van der Waals surface area contributed by atoms with Crippen molar-refractivity contribution in [2.45, 2.75) is 39.7 Å². The lowest BCUT2D eigenvalue weighted by Gasteiger charge is -2.39. The van der Waals surface area contributed by atoms with Crippen LogP contribution in [0.1, 0.15) is 36.9 Å². The van der Waals surface area contributed by atoms with Gasteiger partial charge in [0.25, 0.3) is 0 Å². The molecular formula is C18H20N4O. The summed E-state index contributed by atoms with van der Waals surface area (Å²) in [5.41, 5.74) is 2.29. The first-order valence-electron chi connectivity index (χ1n) is 7.94. The maximum atomic E-state index is 5.34. The lowest BCUT2D eigenvalue weighted by molar-refractivity contribution is 0.219. The Balaban J connectivity index is 1.80. The Bertz CT molecular complexity index is 832. The molecule has 0 N–H and O–H groups in total. The van der Waals surface area contributed by atoms with Gasteiger partial charge in [-0.1, -0.05) is 44.2 Å². The fourth-order valence-corrected chi connectivity index (χ4v) is 3.56. The first-order chi connectivity index (χ1) is 11.1. The number of nitrogens with zero attached hydrogens (tertiary/aromatic N) is 4. The molecule has 118 valence electrons. The van der Waals surface area contributed by atoms with Crippen molar-refractivity contribution >= 4 is 0 Å². The second-order valence-electron chi connectivity index (χ2n) is 6.94. The fourth-order valence-electron chi connectivity index (χ4n) is 3.56. The van der Waals surface area contributed by atoms with Crippen molar-refractivity contribution in [1.82, 2.24) is 19.7 Å². The van der Waals surface area contributed by atoms with Crippen LogP contribution >= 0.6 is 0 Å². The zero-order valence-electron chi connectivity index (χ0n) is 13.7. The van der Waals surface area contributed by atoms with E-state index in [1.165, 1.54) is 12.0 Å². The highest BCUT2D eigenvalue weighted by Crippen LogP contribution is 2.43. The highest BCUT2D eigenvalue weighted by Gasteiger charge is 2.38. The SMILES string of the molecule is Cc1ocnc1-c1nnc2n1CC(c1ccccc1)C(C)(C)C2. The smallest absolute Gasteiger partial charge is 0.186 e. The predicted octanol–water partition coefficient (Wildman–Crippen LogP) is 3.61. The number of rotatable bonds is 2. The second kappa shape index (κ2) is 5.05. The molecule has 2 aromatic heterocycles. The molecule has 1 aliphatic heterocycles. The molecular weight excluding hydrogens is 288 g/mol. The van der Waals surface area contributed by atoms with Crippen LogP contribution in [0, 0.1) is 12.3 Å². The van der Waals surface area contributed by atoms with E-state index in [1.807, 2.05) is 6.92 Å². The largest absolute Gasteiger partial charge is 0.448 e. The average molecular weight is 308 g/mol. The summed E-state index contributed by atoms with van der Waals surface area (Å²) in [6, 6.07) is 10.7. The summed E-state index contributed by atoms with van der Waals surface area (Å²) in [4.78, 5) is 4.31. The summed E-state index contributed by atoms with van der Waals surface area (Å²) in [7, 11) is 0. The molecule has 0 saturated heterocycles. The monoisotopic (exact) mass is 308 g/mol. The van der Waals surface area contributed by atoms with E-state index in [0.29, 0.717) is 5.92 Å². The topological polar surface area (TPSA) is 56.7 Å². The molecule has 0 spiro atoms. The Kier molecular flexibility index (Phi) is 3.11. The number of benzene rings is 1. The van der Waals surface area contributed by atoms with Gasteiger partial charge in [-0.2, -0.15) is 0 Å². The molecule has 5 nitrogen and oxygen atoms in total. The Morgan fingerprint density at radius 3 is 2.65 bits per heavy atom. The van der Waals surface area contributed by atoms with Crippen molar-refractivity contribution in [3.63, 3.8) is 0 Å². The van der Waals surface area contributed by atoms with Gasteiger partial charge in [0, 0.05) is 18.9 Å². The molecule has 5 heteroatoms. The molecule has 4 rings (SSSR count). The molecule has 0 saturated carbocycles. The summed E-state index contributed by atoms with van der Waals surface area (Å²) < 4.78 is 7.54. The minimum Gasteiger partial charge on any atom is -0.448 e. The lowest BCUT2D eigenvalue weighted by Crippen LogP contribution is -2.35. The summed E-state index contributed by atoms with van der Waals surface area (Å²) in [6.45, 7) is 7.39. The van der Waals surface area contributed by atoms with Crippen molar-refractivity contribution in [3.8, 4) is 11.5 Å². The van der Waals surface area contributed by atoms with Gasteiger partial charge in [-0.3, -0.25) is 0 Å². The normalized spacial score (nSPS) is 19.5. The quantitative estimate of drug-likeness (QED) is 0.725. The third-order valence-corrected chi connectivity index (χ3v) is 4.91. The van der Waals surface area contributed by atoms with Gasteiger partial charge in [-0.15, -0.1) is 10.2 Å². The van der Waals surface area contributed by atoms with Crippen LogP contribution in [0.4, 0.5) is 0 Å². The van der Waals surface area contributed by atoms with Crippen LogP contribution < -0.4 is 0 Å². The van der Waals surface area contributed by atoms with Crippen LogP contribution in [0.5, 0.6) is 0 Å². The van der Waals surface area contributed by atoms with Crippen molar-refractivity contribution in [1.29, 1.82) is 0 Å². The van der Waals surface area contributed by atoms with Gasteiger partial charge < -0.3 is 8.98 Å². The highest BCUT2D eigenvalue weighted by molar-refractivity contribution is 5.52. The summed E-state index contributed by atoms with van der Waals surface area (Å²) in [5.74, 6) is 3.03.